The number of aryl methyl sites for hydroxylation is 1. The molecule has 0 saturated carbocycles. The molecule has 53 heavy (non-hydrogen) atoms. The number of benzene rings is 2. The Balaban J connectivity index is 1.47. The molecule has 5 rings (SSSR count). The Morgan fingerprint density at radius 3 is 2.47 bits per heavy atom. The number of esters is 1. The fourth-order valence-electron chi connectivity index (χ4n) is 6.30. The number of H-pyrrole nitrogens is 1. The fourth-order valence-corrected chi connectivity index (χ4v) is 7.82. The predicted molar refractivity (Wildman–Crippen MR) is 199 cm³/mol. The van der Waals surface area contributed by atoms with Crippen molar-refractivity contribution in [3.05, 3.63) is 86.7 Å². The summed E-state index contributed by atoms with van der Waals surface area (Å²) in [6.07, 6.45) is -4.69. The van der Waals surface area contributed by atoms with Crippen molar-refractivity contribution in [3.63, 3.8) is 0 Å². The smallest absolute Gasteiger partial charge is 0.418 e. The molecule has 2 heterocycles. The molecule has 4 amide bonds. The summed E-state index contributed by atoms with van der Waals surface area (Å²) >= 11 is 3.12. The van der Waals surface area contributed by atoms with Gasteiger partial charge in [-0.05, 0) is 43.4 Å². The molecule has 0 spiro atoms. The number of nitrogens with one attached hydrogen (secondary N) is 5. The number of rotatable bonds is 12. The van der Waals surface area contributed by atoms with Gasteiger partial charge in [0, 0.05) is 38.9 Å². The molecule has 1 aliphatic carbocycles. The molecule has 0 saturated heterocycles. The maximum atomic E-state index is 14.6. The van der Waals surface area contributed by atoms with Crippen LogP contribution in [-0.4, -0.2) is 55.9 Å². The largest absolute Gasteiger partial charge is 0.461 e. The number of aromatic nitrogens is 2. The van der Waals surface area contributed by atoms with Gasteiger partial charge in [0.15, 0.2) is 5.69 Å². The van der Waals surface area contributed by atoms with E-state index in [1.54, 1.807) is 19.9 Å². The molecule has 1 aliphatic rings. The third kappa shape index (κ3) is 8.93. The second-order valence-corrected chi connectivity index (χ2v) is 16.0. The van der Waals surface area contributed by atoms with E-state index in [0.717, 1.165) is 17.4 Å². The third-order valence-electron chi connectivity index (χ3n) is 9.06. The summed E-state index contributed by atoms with van der Waals surface area (Å²) < 4.78 is 60.8. The summed E-state index contributed by atoms with van der Waals surface area (Å²) in [5.41, 5.74) is -1.38. The van der Waals surface area contributed by atoms with Crippen molar-refractivity contribution in [2.75, 3.05) is 6.61 Å². The van der Waals surface area contributed by atoms with Crippen LogP contribution < -0.4 is 21.3 Å². The standard InChI is InChI=1S/C36H39F4IN6O5S/c1-5-52-32(49)26-17-53-31(44-26)27(18(2)3)45-33(50)35(14-13-25-22(15-35)21-10-8-11-23(29(21)43-25)36(38,39)40)47-30(48)28(19(4)41)46-34(51)42-16-20-9-6-7-12-24(20)37/h6-12,17-19,27-28,43H,5,13-16H2,1-4H3,(H,45,50)(H,47,48)(H2,42,46,51)/t19-,27+,28+,35-/m1/s1. The first-order valence-electron chi connectivity index (χ1n) is 16.9. The quantitative estimate of drug-likeness (QED) is 0.0474. The van der Waals surface area contributed by atoms with Crippen LogP contribution in [0.15, 0.2) is 47.8 Å². The zero-order valence-electron chi connectivity index (χ0n) is 29.3. The van der Waals surface area contributed by atoms with Gasteiger partial charge < -0.3 is 31.0 Å². The summed E-state index contributed by atoms with van der Waals surface area (Å²) in [5, 5.41) is 13.3. The minimum absolute atomic E-state index is 0.00430. The lowest BCUT2D eigenvalue weighted by Crippen LogP contribution is -2.66. The van der Waals surface area contributed by atoms with Gasteiger partial charge >= 0.3 is 18.2 Å². The van der Waals surface area contributed by atoms with Gasteiger partial charge in [-0.25, -0.2) is 19.0 Å². The van der Waals surface area contributed by atoms with Gasteiger partial charge in [0.2, 0.25) is 11.8 Å². The van der Waals surface area contributed by atoms with Crippen molar-refractivity contribution < 1.29 is 41.5 Å². The number of halogens is 5. The highest BCUT2D eigenvalue weighted by Crippen LogP contribution is 2.40. The van der Waals surface area contributed by atoms with Gasteiger partial charge in [-0.15, -0.1) is 11.3 Å². The number of fused-ring (bicyclic) bond motifs is 3. The molecule has 0 radical (unpaired) electrons. The molecule has 5 N–H and O–H groups in total. The number of carbonyl (C=O) groups is 4. The number of aromatic amines is 1. The average molecular weight is 871 g/mol. The van der Waals surface area contributed by atoms with E-state index in [1.807, 2.05) is 36.4 Å². The molecule has 2 aromatic carbocycles. The van der Waals surface area contributed by atoms with Crippen LogP contribution in [-0.2, 0) is 39.9 Å². The van der Waals surface area contributed by atoms with Crippen molar-refractivity contribution in [2.24, 2.45) is 5.92 Å². The monoisotopic (exact) mass is 870 g/mol. The van der Waals surface area contributed by atoms with Crippen LogP contribution in [0.1, 0.15) is 78.0 Å². The van der Waals surface area contributed by atoms with Crippen LogP contribution >= 0.6 is 33.9 Å². The van der Waals surface area contributed by atoms with Crippen molar-refractivity contribution in [3.8, 4) is 0 Å². The number of alkyl halides is 4. The molecule has 0 fully saturated rings. The molecule has 0 bridgehead atoms. The maximum Gasteiger partial charge on any atom is 0.418 e. The average Bonchev–Trinajstić information content (AvgIpc) is 3.73. The Labute approximate surface area is 320 Å². The topological polar surface area (TPSA) is 154 Å². The number of nitrogens with zero attached hydrogens (tertiary/aromatic N) is 1. The van der Waals surface area contributed by atoms with E-state index in [2.05, 4.69) is 31.2 Å². The van der Waals surface area contributed by atoms with Crippen molar-refractivity contribution in [1.29, 1.82) is 0 Å². The number of thiazole rings is 1. The third-order valence-corrected chi connectivity index (χ3v) is 10.7. The van der Waals surface area contributed by atoms with Crippen LogP contribution in [0.5, 0.6) is 0 Å². The molecule has 11 nitrogen and oxygen atoms in total. The van der Waals surface area contributed by atoms with Crippen LogP contribution in [0, 0.1) is 11.7 Å². The molecular weight excluding hydrogens is 831 g/mol. The van der Waals surface area contributed by atoms with Gasteiger partial charge in [0.25, 0.3) is 0 Å². The molecule has 4 atom stereocenters. The van der Waals surface area contributed by atoms with Gasteiger partial charge in [0.05, 0.1) is 23.7 Å². The van der Waals surface area contributed by atoms with Crippen molar-refractivity contribution >= 4 is 68.6 Å². The van der Waals surface area contributed by atoms with Crippen LogP contribution in [0.4, 0.5) is 22.4 Å². The Bertz CT molecular complexity index is 2000. The maximum absolute atomic E-state index is 14.6. The van der Waals surface area contributed by atoms with Gasteiger partial charge in [-0.1, -0.05) is 73.7 Å². The lowest BCUT2D eigenvalue weighted by molar-refractivity contribution is -0.136. The fraction of sp³-hybridized carbons (Fsp3) is 0.417. The Morgan fingerprint density at radius 1 is 1.08 bits per heavy atom. The zero-order chi connectivity index (χ0) is 38.7. The molecule has 0 aliphatic heterocycles. The molecular formula is C36H39F4IN6O5S. The van der Waals surface area contributed by atoms with Crippen LogP contribution in [0.3, 0.4) is 0 Å². The zero-order valence-corrected chi connectivity index (χ0v) is 32.2. The first-order chi connectivity index (χ1) is 25.0. The number of carbonyl (C=O) groups excluding carboxylic acids is 4. The van der Waals surface area contributed by atoms with Crippen molar-refractivity contribution in [1.82, 2.24) is 31.2 Å². The highest BCUT2D eigenvalue weighted by atomic mass is 127. The summed E-state index contributed by atoms with van der Waals surface area (Å²) in [7, 11) is 0. The van der Waals surface area contributed by atoms with Gasteiger partial charge in [-0.3, -0.25) is 9.59 Å². The van der Waals surface area contributed by atoms with Crippen molar-refractivity contribution in [2.45, 2.75) is 81.2 Å². The number of para-hydroxylation sites is 1. The minimum atomic E-state index is -4.64. The van der Waals surface area contributed by atoms with E-state index in [-0.39, 0.29) is 60.5 Å². The predicted octanol–water partition coefficient (Wildman–Crippen LogP) is 6.51. The highest BCUT2D eigenvalue weighted by Gasteiger charge is 2.47. The number of amides is 4. The Hall–Kier alpha value is -4.26. The number of urea groups is 1. The lowest BCUT2D eigenvalue weighted by Gasteiger charge is -2.39. The summed E-state index contributed by atoms with van der Waals surface area (Å²) in [5.74, 6) is -2.69. The van der Waals surface area contributed by atoms with E-state index in [1.165, 1.54) is 35.7 Å². The molecule has 284 valence electrons. The van der Waals surface area contributed by atoms with E-state index in [0.29, 0.717) is 16.3 Å². The normalized spacial score (nSPS) is 17.4. The number of hydrogen-bond acceptors (Lipinski definition) is 7. The second kappa shape index (κ2) is 16.4. The van der Waals surface area contributed by atoms with Crippen LogP contribution in [0.2, 0.25) is 0 Å². The Kier molecular flexibility index (Phi) is 12.4. The lowest BCUT2D eigenvalue weighted by atomic mass is 9.78. The second-order valence-electron chi connectivity index (χ2n) is 13.1. The molecule has 17 heteroatoms. The minimum Gasteiger partial charge on any atom is -0.461 e. The van der Waals surface area contributed by atoms with Gasteiger partial charge in [0.1, 0.15) is 22.4 Å². The molecule has 2 aromatic heterocycles. The summed E-state index contributed by atoms with van der Waals surface area (Å²) in [6.45, 7) is 7.04. The highest BCUT2D eigenvalue weighted by molar-refractivity contribution is 14.1. The van der Waals surface area contributed by atoms with Gasteiger partial charge in [-0.2, -0.15) is 13.2 Å². The van der Waals surface area contributed by atoms with Crippen LogP contribution in [0.25, 0.3) is 10.9 Å². The first kappa shape index (κ1) is 39.9. The first-order valence-corrected chi connectivity index (χ1v) is 19.0. The van der Waals surface area contributed by atoms with E-state index in [4.69, 9.17) is 4.74 Å². The molecule has 4 aromatic rings. The number of hydrogen-bond donors (Lipinski definition) is 5. The number of ether oxygens (including phenoxy) is 1. The summed E-state index contributed by atoms with van der Waals surface area (Å²) in [6, 6.07) is 7.08. The SMILES string of the molecule is CCOC(=O)c1csc([C@@H](NC(=O)[C@@]2(NC(=O)[C@@H](NC(=O)NCc3ccccc3F)[C@@H](C)I)CCc3[nH]c4c(C(F)(F)F)cccc4c3C2)C(C)C)n1. The Morgan fingerprint density at radius 2 is 1.81 bits per heavy atom. The van der Waals surface area contributed by atoms with E-state index < -0.39 is 62.9 Å². The van der Waals surface area contributed by atoms with E-state index >= 15 is 0 Å². The summed E-state index contributed by atoms with van der Waals surface area (Å²) in [4.78, 5) is 61.4. The van der Waals surface area contributed by atoms with E-state index in [9.17, 15) is 36.7 Å². The molecule has 0 unspecified atom stereocenters.